The van der Waals surface area contributed by atoms with Crippen molar-refractivity contribution in [2.24, 2.45) is 4.99 Å². The Morgan fingerprint density at radius 2 is 1.88 bits per heavy atom. The first-order valence-corrected chi connectivity index (χ1v) is 12.6. The molecule has 1 aromatic heterocycles. The van der Waals surface area contributed by atoms with Crippen molar-refractivity contribution >= 4 is 50.5 Å². The van der Waals surface area contributed by atoms with Crippen LogP contribution in [0.3, 0.4) is 0 Å². The van der Waals surface area contributed by atoms with Crippen LogP contribution in [-0.4, -0.2) is 88.2 Å². The van der Waals surface area contributed by atoms with E-state index in [0.717, 1.165) is 48.7 Å². The number of carbonyl (C=O) groups is 2. The minimum absolute atomic E-state index is 0.118. The van der Waals surface area contributed by atoms with Gasteiger partial charge in [-0.05, 0) is 30.0 Å². The number of aliphatic imine (C=N–C) groups is 1. The van der Waals surface area contributed by atoms with Gasteiger partial charge in [-0.25, -0.2) is 0 Å². The Balaban J connectivity index is 1.07. The van der Waals surface area contributed by atoms with Gasteiger partial charge in [0, 0.05) is 43.5 Å². The second-order valence-electron chi connectivity index (χ2n) is 9.10. The lowest BCUT2D eigenvalue weighted by Crippen LogP contribution is -2.70. The average molecular weight is 495 g/mol. The number of amides is 2. The summed E-state index contributed by atoms with van der Waals surface area (Å²) in [6.45, 7) is 5.38. The second kappa shape index (κ2) is 7.44. The number of thiophene rings is 1. The maximum Gasteiger partial charge on any atom is 0.416 e. The number of halogens is 3. The number of likely N-dealkylation sites (tertiary alicyclic amines) is 3. The van der Waals surface area contributed by atoms with Crippen LogP contribution in [0.4, 0.5) is 13.2 Å². The standard InChI is InChI=1S/C22H21F3N4O2S2/c1-11-15-3-2-12(22(23,24)25)4-16(15)33-19(11)21(31)28-5-13(6-28)27-7-14(8-27)29-9-17-18(20(29)30)26-10-32-17/h2-4,10,13-14,17-18H,5-9H2,1H3. The number of thioether (sulfide) groups is 1. The zero-order chi connectivity index (χ0) is 23.1. The van der Waals surface area contributed by atoms with Crippen molar-refractivity contribution in [3.05, 3.63) is 34.2 Å². The Bertz CT molecular complexity index is 1180. The van der Waals surface area contributed by atoms with E-state index in [4.69, 9.17) is 0 Å². The van der Waals surface area contributed by atoms with Crippen molar-refractivity contribution in [3.63, 3.8) is 0 Å². The Kier molecular flexibility index (Phi) is 4.83. The Morgan fingerprint density at radius 3 is 2.58 bits per heavy atom. The largest absolute Gasteiger partial charge is 0.416 e. The van der Waals surface area contributed by atoms with Crippen LogP contribution in [0.1, 0.15) is 20.8 Å². The Labute approximate surface area is 196 Å². The minimum atomic E-state index is -4.40. The molecule has 0 spiro atoms. The summed E-state index contributed by atoms with van der Waals surface area (Å²) in [5.41, 5.74) is 1.82. The van der Waals surface area contributed by atoms with Crippen molar-refractivity contribution in [1.82, 2.24) is 14.7 Å². The highest BCUT2D eigenvalue weighted by Crippen LogP contribution is 2.38. The summed E-state index contributed by atoms with van der Waals surface area (Å²) in [6, 6.07) is 3.92. The molecule has 0 N–H and O–H groups in total. The third-order valence-corrected chi connectivity index (χ3v) is 9.42. The number of carbonyl (C=O) groups excluding carboxylic acids is 2. The molecule has 0 radical (unpaired) electrons. The highest BCUT2D eigenvalue weighted by molar-refractivity contribution is 8.13. The van der Waals surface area contributed by atoms with E-state index in [9.17, 15) is 22.8 Å². The molecule has 4 aliphatic rings. The molecule has 2 amide bonds. The Hall–Kier alpha value is -2.11. The highest BCUT2D eigenvalue weighted by Gasteiger charge is 2.50. The lowest BCUT2D eigenvalue weighted by atomic mass is 9.98. The fourth-order valence-electron chi connectivity index (χ4n) is 5.08. The van der Waals surface area contributed by atoms with E-state index in [1.165, 1.54) is 6.07 Å². The van der Waals surface area contributed by atoms with Crippen molar-refractivity contribution in [3.8, 4) is 0 Å². The topological polar surface area (TPSA) is 56.2 Å². The van der Waals surface area contributed by atoms with Crippen LogP contribution in [0.25, 0.3) is 10.1 Å². The van der Waals surface area contributed by atoms with Gasteiger partial charge in [-0.15, -0.1) is 23.1 Å². The molecule has 33 heavy (non-hydrogen) atoms. The van der Waals surface area contributed by atoms with Gasteiger partial charge in [0.15, 0.2) is 0 Å². The molecule has 2 aromatic rings. The van der Waals surface area contributed by atoms with Gasteiger partial charge < -0.3 is 9.80 Å². The lowest BCUT2D eigenvalue weighted by Gasteiger charge is -2.53. The fourth-order valence-corrected chi connectivity index (χ4v) is 7.24. The number of alkyl halides is 3. The number of nitrogens with zero attached hydrogens (tertiary/aromatic N) is 4. The van der Waals surface area contributed by atoms with Crippen LogP contribution in [0.2, 0.25) is 0 Å². The van der Waals surface area contributed by atoms with Crippen LogP contribution in [-0.2, 0) is 11.0 Å². The van der Waals surface area contributed by atoms with E-state index in [0.29, 0.717) is 28.1 Å². The van der Waals surface area contributed by atoms with Gasteiger partial charge in [0.1, 0.15) is 6.04 Å². The smallest absolute Gasteiger partial charge is 0.335 e. The molecular weight excluding hydrogens is 473 g/mol. The summed E-state index contributed by atoms with van der Waals surface area (Å²) in [7, 11) is 0. The molecule has 6 rings (SSSR count). The predicted molar refractivity (Wildman–Crippen MR) is 122 cm³/mol. The maximum absolute atomic E-state index is 13.0. The lowest BCUT2D eigenvalue weighted by molar-refractivity contribution is -0.137. The first-order valence-electron chi connectivity index (χ1n) is 10.8. The third-order valence-electron chi connectivity index (χ3n) is 7.18. The van der Waals surface area contributed by atoms with Gasteiger partial charge in [-0.3, -0.25) is 19.5 Å². The summed E-state index contributed by atoms with van der Waals surface area (Å²) in [5.74, 6) is 0.0123. The van der Waals surface area contributed by atoms with Gasteiger partial charge >= 0.3 is 6.18 Å². The van der Waals surface area contributed by atoms with Crippen LogP contribution < -0.4 is 0 Å². The summed E-state index contributed by atoms with van der Waals surface area (Å²) < 4.78 is 39.6. The first-order chi connectivity index (χ1) is 15.7. The van der Waals surface area contributed by atoms with Crippen molar-refractivity contribution < 1.29 is 22.8 Å². The van der Waals surface area contributed by atoms with Gasteiger partial charge in [0.2, 0.25) is 5.91 Å². The third kappa shape index (κ3) is 3.38. The minimum Gasteiger partial charge on any atom is -0.335 e. The van der Waals surface area contributed by atoms with Crippen molar-refractivity contribution in [2.45, 2.75) is 36.5 Å². The molecule has 4 aliphatic heterocycles. The van der Waals surface area contributed by atoms with Gasteiger partial charge in [-0.1, -0.05) is 6.07 Å². The normalized spacial score (nSPS) is 26.2. The summed E-state index contributed by atoms with van der Waals surface area (Å²) in [6.07, 6.45) is -4.40. The summed E-state index contributed by atoms with van der Waals surface area (Å²) in [4.78, 5) is 36.4. The molecule has 0 saturated carbocycles. The van der Waals surface area contributed by atoms with Crippen molar-refractivity contribution in [2.75, 3.05) is 32.7 Å². The molecule has 1 aromatic carbocycles. The number of hydrogen-bond acceptors (Lipinski definition) is 6. The number of aryl methyl sites for hydroxylation is 1. The first kappa shape index (κ1) is 21.4. The molecule has 11 heteroatoms. The molecule has 174 valence electrons. The Morgan fingerprint density at radius 1 is 1.12 bits per heavy atom. The molecule has 3 saturated heterocycles. The molecule has 5 heterocycles. The van der Waals surface area contributed by atoms with Crippen LogP contribution in [0, 0.1) is 6.92 Å². The van der Waals surface area contributed by atoms with E-state index in [2.05, 4.69) is 9.89 Å². The number of benzene rings is 1. The van der Waals surface area contributed by atoms with E-state index < -0.39 is 11.7 Å². The zero-order valence-corrected chi connectivity index (χ0v) is 19.3. The fraction of sp³-hybridized carbons (Fsp3) is 0.500. The molecule has 6 nitrogen and oxygen atoms in total. The van der Waals surface area contributed by atoms with E-state index in [-0.39, 0.29) is 35.2 Å². The van der Waals surface area contributed by atoms with Crippen molar-refractivity contribution in [1.29, 1.82) is 0 Å². The molecule has 0 bridgehead atoms. The number of fused-ring (bicyclic) bond motifs is 2. The molecule has 3 fully saturated rings. The van der Waals surface area contributed by atoms with Gasteiger partial charge in [0.25, 0.3) is 5.91 Å². The van der Waals surface area contributed by atoms with Crippen LogP contribution in [0.5, 0.6) is 0 Å². The number of rotatable bonds is 3. The molecular formula is C22H21F3N4O2S2. The molecule has 0 aliphatic carbocycles. The summed E-state index contributed by atoms with van der Waals surface area (Å²) in [5, 5.41) is 0.946. The van der Waals surface area contributed by atoms with Crippen LogP contribution >= 0.6 is 23.1 Å². The highest BCUT2D eigenvalue weighted by atomic mass is 32.2. The molecule has 2 atom stereocenters. The number of hydrogen-bond donors (Lipinski definition) is 0. The monoisotopic (exact) mass is 494 g/mol. The quantitative estimate of drug-likeness (QED) is 0.658. The molecule has 2 unspecified atom stereocenters. The summed E-state index contributed by atoms with van der Waals surface area (Å²) >= 11 is 2.77. The zero-order valence-electron chi connectivity index (χ0n) is 17.7. The van der Waals surface area contributed by atoms with Gasteiger partial charge in [0.05, 0.1) is 27.3 Å². The van der Waals surface area contributed by atoms with E-state index in [1.54, 1.807) is 29.1 Å². The van der Waals surface area contributed by atoms with Crippen LogP contribution in [0.15, 0.2) is 23.2 Å². The predicted octanol–water partition coefficient (Wildman–Crippen LogP) is 3.09. The second-order valence-corrected chi connectivity index (χ2v) is 11.2. The average Bonchev–Trinajstić information content (AvgIpc) is 3.37. The van der Waals surface area contributed by atoms with Gasteiger partial charge in [-0.2, -0.15) is 13.2 Å². The van der Waals surface area contributed by atoms with E-state index in [1.807, 2.05) is 4.90 Å². The maximum atomic E-state index is 13.0. The van der Waals surface area contributed by atoms with E-state index >= 15 is 0 Å². The SMILES string of the molecule is Cc1c(C(=O)N2CC(N3CC(N4CC5SC=NC5C4=O)C3)C2)sc2cc(C(F)(F)F)ccc12.